The van der Waals surface area contributed by atoms with E-state index in [4.69, 9.17) is 0 Å². The largest absolute Gasteiger partial charge is 0.395 e. The lowest BCUT2D eigenvalue weighted by atomic mass is 10.1. The van der Waals surface area contributed by atoms with Gasteiger partial charge < -0.3 is 20.7 Å². The van der Waals surface area contributed by atoms with Crippen molar-refractivity contribution in [1.29, 1.82) is 0 Å². The molecule has 0 aliphatic carbocycles. The van der Waals surface area contributed by atoms with Crippen molar-refractivity contribution in [3.8, 4) is 10.4 Å². The van der Waals surface area contributed by atoms with Crippen LogP contribution in [-0.4, -0.2) is 27.7 Å². The number of fused-ring (bicyclic) bond motifs is 2. The first-order valence-electron chi connectivity index (χ1n) is 10.9. The summed E-state index contributed by atoms with van der Waals surface area (Å²) in [5.41, 5.74) is 6.65. The van der Waals surface area contributed by atoms with E-state index in [0.29, 0.717) is 0 Å². The number of pyridine rings is 1. The summed E-state index contributed by atoms with van der Waals surface area (Å²) < 4.78 is 1.15. The number of hydrogen-bond acceptors (Lipinski definition) is 5. The summed E-state index contributed by atoms with van der Waals surface area (Å²) in [5.74, 6) is 0. The number of thiophene rings is 1. The van der Waals surface area contributed by atoms with E-state index in [0.717, 1.165) is 40.1 Å². The topological polar surface area (TPSA) is 73.0 Å². The Bertz CT molecular complexity index is 1340. The average molecular weight is 443 g/mol. The van der Waals surface area contributed by atoms with Gasteiger partial charge in [-0.25, -0.2) is 0 Å². The number of aromatic amines is 1. The van der Waals surface area contributed by atoms with Crippen LogP contribution < -0.4 is 10.6 Å². The summed E-state index contributed by atoms with van der Waals surface area (Å²) in [6.07, 6.45) is 4.73. The monoisotopic (exact) mass is 442 g/mol. The van der Waals surface area contributed by atoms with Crippen LogP contribution in [-0.2, 0) is 6.54 Å². The second kappa shape index (κ2) is 9.12. The molecule has 5 nitrogen and oxygen atoms in total. The van der Waals surface area contributed by atoms with Gasteiger partial charge in [0.25, 0.3) is 0 Å². The van der Waals surface area contributed by atoms with Crippen molar-refractivity contribution in [2.75, 3.05) is 11.9 Å². The Morgan fingerprint density at radius 2 is 1.94 bits per heavy atom. The number of nitrogens with zero attached hydrogens (tertiary/aromatic N) is 1. The molecule has 3 aromatic heterocycles. The smallest absolute Gasteiger partial charge is 0.0837 e. The zero-order valence-corrected chi connectivity index (χ0v) is 18.7. The fourth-order valence-electron chi connectivity index (χ4n) is 3.85. The number of anilines is 2. The predicted octanol–water partition coefficient (Wildman–Crippen LogP) is 6.05. The highest BCUT2D eigenvalue weighted by atomic mass is 32.1. The highest BCUT2D eigenvalue weighted by Gasteiger charge is 2.10. The molecule has 0 aliphatic heterocycles. The minimum atomic E-state index is 0.146. The van der Waals surface area contributed by atoms with Gasteiger partial charge in [0.2, 0.25) is 0 Å². The van der Waals surface area contributed by atoms with E-state index in [2.05, 4.69) is 82.1 Å². The van der Waals surface area contributed by atoms with E-state index < -0.39 is 0 Å². The number of H-pyrrole nitrogens is 1. The van der Waals surface area contributed by atoms with E-state index >= 15 is 0 Å². The molecule has 0 saturated heterocycles. The van der Waals surface area contributed by atoms with E-state index in [1.165, 1.54) is 21.4 Å². The zero-order valence-electron chi connectivity index (χ0n) is 17.9. The molecule has 32 heavy (non-hydrogen) atoms. The number of aromatic nitrogens is 2. The molecule has 0 bridgehead atoms. The van der Waals surface area contributed by atoms with E-state index in [-0.39, 0.29) is 12.6 Å². The van der Waals surface area contributed by atoms with Crippen LogP contribution in [0.1, 0.15) is 18.9 Å². The molecule has 4 N–H and O–H groups in total. The van der Waals surface area contributed by atoms with Crippen molar-refractivity contribution >= 4 is 43.8 Å². The number of nitrogens with one attached hydrogen (secondary N) is 3. The van der Waals surface area contributed by atoms with Gasteiger partial charge in [0.05, 0.1) is 22.5 Å². The SMILES string of the molecule is CCC(CO)NCc1ccc(-c2cc3nccc(Nc4ccc5[nH]ccc5c4)c3s2)cc1. The van der Waals surface area contributed by atoms with Gasteiger partial charge in [-0.05, 0) is 53.9 Å². The number of benzene rings is 2. The Morgan fingerprint density at radius 3 is 2.75 bits per heavy atom. The molecular weight excluding hydrogens is 416 g/mol. The Labute approximate surface area is 191 Å². The van der Waals surface area contributed by atoms with Crippen molar-refractivity contribution in [3.05, 3.63) is 78.6 Å². The molecule has 162 valence electrons. The first kappa shape index (κ1) is 20.7. The van der Waals surface area contributed by atoms with Crippen LogP contribution in [0, 0.1) is 0 Å². The summed E-state index contributed by atoms with van der Waals surface area (Å²) >= 11 is 1.75. The fourth-order valence-corrected chi connectivity index (χ4v) is 4.94. The molecule has 1 unspecified atom stereocenters. The van der Waals surface area contributed by atoms with Crippen molar-refractivity contribution < 1.29 is 5.11 Å². The summed E-state index contributed by atoms with van der Waals surface area (Å²) in [7, 11) is 0. The van der Waals surface area contributed by atoms with Crippen molar-refractivity contribution in [1.82, 2.24) is 15.3 Å². The maximum Gasteiger partial charge on any atom is 0.0837 e. The van der Waals surface area contributed by atoms with Crippen molar-refractivity contribution in [2.24, 2.45) is 0 Å². The Balaban J connectivity index is 1.37. The lowest BCUT2D eigenvalue weighted by Gasteiger charge is -2.13. The second-order valence-corrected chi connectivity index (χ2v) is 9.01. The van der Waals surface area contributed by atoms with Gasteiger partial charge in [0.15, 0.2) is 0 Å². The third kappa shape index (κ3) is 4.25. The van der Waals surface area contributed by atoms with Crippen LogP contribution in [0.25, 0.3) is 31.6 Å². The van der Waals surface area contributed by atoms with Crippen LogP contribution in [0.15, 0.2) is 73.1 Å². The molecule has 6 heteroatoms. The summed E-state index contributed by atoms with van der Waals surface area (Å²) in [4.78, 5) is 9.02. The fraction of sp³-hybridized carbons (Fsp3) is 0.192. The standard InChI is InChI=1S/C26H26N4OS/c1-2-20(16-31)29-15-17-3-5-18(6-4-17)25-14-24-26(32-25)23(10-12-28-24)30-21-7-8-22-19(13-21)9-11-27-22/h3-14,20,27,29,31H,2,15-16H2,1H3,(H,28,30). The van der Waals surface area contributed by atoms with Crippen LogP contribution in [0.2, 0.25) is 0 Å². The molecule has 0 saturated carbocycles. The van der Waals surface area contributed by atoms with Gasteiger partial charge in [-0.1, -0.05) is 31.2 Å². The minimum absolute atomic E-state index is 0.146. The van der Waals surface area contributed by atoms with Crippen LogP contribution >= 0.6 is 11.3 Å². The van der Waals surface area contributed by atoms with Crippen LogP contribution in [0.4, 0.5) is 11.4 Å². The van der Waals surface area contributed by atoms with Gasteiger partial charge in [-0.3, -0.25) is 4.98 Å². The number of rotatable bonds is 8. The first-order chi connectivity index (χ1) is 15.7. The third-order valence-corrected chi connectivity index (χ3v) is 7.00. The highest BCUT2D eigenvalue weighted by Crippen LogP contribution is 2.37. The molecule has 0 fully saturated rings. The van der Waals surface area contributed by atoms with Crippen molar-refractivity contribution in [2.45, 2.75) is 25.9 Å². The summed E-state index contributed by atoms with van der Waals surface area (Å²) in [6, 6.07) is 21.4. The van der Waals surface area contributed by atoms with Crippen LogP contribution in [0.3, 0.4) is 0 Å². The molecule has 0 amide bonds. The lowest BCUT2D eigenvalue weighted by molar-refractivity contribution is 0.238. The average Bonchev–Trinajstić information content (AvgIpc) is 3.47. The predicted molar refractivity (Wildman–Crippen MR) is 135 cm³/mol. The molecule has 5 aromatic rings. The number of aliphatic hydroxyl groups excluding tert-OH is 1. The van der Waals surface area contributed by atoms with Gasteiger partial charge in [0.1, 0.15) is 0 Å². The number of hydrogen-bond donors (Lipinski definition) is 4. The molecule has 0 spiro atoms. The third-order valence-electron chi connectivity index (χ3n) is 5.79. The molecular formula is C26H26N4OS. The lowest BCUT2D eigenvalue weighted by Crippen LogP contribution is -2.31. The van der Waals surface area contributed by atoms with Gasteiger partial charge in [-0.15, -0.1) is 11.3 Å². The quantitative estimate of drug-likeness (QED) is 0.236. The maximum absolute atomic E-state index is 9.34. The second-order valence-electron chi connectivity index (χ2n) is 7.95. The highest BCUT2D eigenvalue weighted by molar-refractivity contribution is 7.22. The van der Waals surface area contributed by atoms with Gasteiger partial charge in [-0.2, -0.15) is 0 Å². The zero-order chi connectivity index (χ0) is 21.9. The maximum atomic E-state index is 9.34. The molecule has 1 atom stereocenters. The Kier molecular flexibility index (Phi) is 5.90. The summed E-state index contributed by atoms with van der Waals surface area (Å²) in [5, 5.41) is 17.5. The van der Waals surface area contributed by atoms with E-state index in [1.807, 2.05) is 18.5 Å². The molecule has 2 aromatic carbocycles. The molecule has 0 radical (unpaired) electrons. The van der Waals surface area contributed by atoms with Gasteiger partial charge >= 0.3 is 0 Å². The molecule has 5 rings (SSSR count). The normalized spacial score (nSPS) is 12.4. The van der Waals surface area contributed by atoms with E-state index in [9.17, 15) is 5.11 Å². The minimum Gasteiger partial charge on any atom is -0.395 e. The summed E-state index contributed by atoms with van der Waals surface area (Å²) in [6.45, 7) is 3.00. The number of aliphatic hydroxyl groups is 1. The van der Waals surface area contributed by atoms with Crippen LogP contribution in [0.5, 0.6) is 0 Å². The van der Waals surface area contributed by atoms with E-state index in [1.54, 1.807) is 11.3 Å². The van der Waals surface area contributed by atoms with Crippen molar-refractivity contribution in [3.63, 3.8) is 0 Å². The van der Waals surface area contributed by atoms with Gasteiger partial charge in [0, 0.05) is 46.4 Å². The Morgan fingerprint density at radius 1 is 1.06 bits per heavy atom. The first-order valence-corrected chi connectivity index (χ1v) is 11.7. The molecule has 0 aliphatic rings. The Hall–Kier alpha value is -3.19. The molecule has 3 heterocycles.